The first-order chi connectivity index (χ1) is 11.6. The summed E-state index contributed by atoms with van der Waals surface area (Å²) in [5, 5.41) is 11.8. The fourth-order valence-corrected chi connectivity index (χ4v) is 2.96. The second-order valence-electron chi connectivity index (χ2n) is 7.04. The van der Waals surface area contributed by atoms with E-state index in [-0.39, 0.29) is 37.0 Å². The van der Waals surface area contributed by atoms with Gasteiger partial charge in [-0.1, -0.05) is 12.1 Å². The van der Waals surface area contributed by atoms with Crippen molar-refractivity contribution in [3.63, 3.8) is 0 Å². The van der Waals surface area contributed by atoms with Crippen LogP contribution in [0.5, 0.6) is 0 Å². The lowest BCUT2D eigenvalue weighted by molar-refractivity contribution is -0.147. The predicted octanol–water partition coefficient (Wildman–Crippen LogP) is 1.96. The molecule has 0 aromatic heterocycles. The second-order valence-corrected chi connectivity index (χ2v) is 7.04. The Kier molecular flexibility index (Phi) is 5.45. The van der Waals surface area contributed by atoms with Crippen LogP contribution in [0.4, 0.5) is 4.39 Å². The van der Waals surface area contributed by atoms with Crippen molar-refractivity contribution in [2.45, 2.75) is 32.7 Å². The highest BCUT2D eigenvalue weighted by atomic mass is 19.1. The van der Waals surface area contributed by atoms with E-state index >= 15 is 0 Å². The number of nitrogens with one attached hydrogen (secondary N) is 1. The molecule has 136 valence electrons. The Balaban J connectivity index is 2.07. The molecule has 2 amide bonds. The fraction of sp³-hybridized carbons (Fsp3) is 0.500. The third-order valence-corrected chi connectivity index (χ3v) is 4.76. The molecule has 0 spiro atoms. The maximum atomic E-state index is 13.1. The summed E-state index contributed by atoms with van der Waals surface area (Å²) in [6.07, 6.45) is 0.360. The van der Waals surface area contributed by atoms with Gasteiger partial charge >= 0.3 is 5.97 Å². The monoisotopic (exact) mass is 350 g/mol. The summed E-state index contributed by atoms with van der Waals surface area (Å²) < 4.78 is 13.1. The van der Waals surface area contributed by atoms with E-state index in [2.05, 4.69) is 5.32 Å². The lowest BCUT2D eigenvalue weighted by Gasteiger charge is -2.25. The van der Waals surface area contributed by atoms with Crippen LogP contribution in [0.25, 0.3) is 0 Å². The highest BCUT2D eigenvalue weighted by molar-refractivity contribution is 5.90. The first-order valence-corrected chi connectivity index (χ1v) is 8.15. The van der Waals surface area contributed by atoms with Gasteiger partial charge in [-0.3, -0.25) is 14.4 Å². The molecule has 0 bridgehead atoms. The molecule has 1 aromatic carbocycles. The summed E-state index contributed by atoms with van der Waals surface area (Å²) in [5.74, 6) is -2.35. The van der Waals surface area contributed by atoms with Gasteiger partial charge in [0.25, 0.3) is 0 Å². The van der Waals surface area contributed by atoms with E-state index in [1.165, 1.54) is 17.0 Å². The molecule has 6 nitrogen and oxygen atoms in total. The zero-order valence-corrected chi connectivity index (χ0v) is 14.6. The van der Waals surface area contributed by atoms with Gasteiger partial charge in [-0.05, 0) is 38.0 Å². The number of carbonyl (C=O) groups excluding carboxylic acids is 2. The average Bonchev–Trinajstić information content (AvgIpc) is 2.83. The summed E-state index contributed by atoms with van der Waals surface area (Å²) in [4.78, 5) is 37.2. The minimum absolute atomic E-state index is 0.0761. The Bertz CT molecular complexity index is 672. The number of amides is 2. The number of carboxylic acids is 1. The van der Waals surface area contributed by atoms with Crippen LogP contribution in [0.2, 0.25) is 0 Å². The van der Waals surface area contributed by atoms with Crippen molar-refractivity contribution in [1.82, 2.24) is 10.2 Å². The molecule has 2 unspecified atom stereocenters. The Morgan fingerprint density at radius 1 is 1.32 bits per heavy atom. The van der Waals surface area contributed by atoms with E-state index in [1.54, 1.807) is 33.0 Å². The van der Waals surface area contributed by atoms with Crippen molar-refractivity contribution in [2.75, 3.05) is 13.6 Å². The summed E-state index contributed by atoms with van der Waals surface area (Å²) in [6.45, 7) is 3.40. The van der Waals surface area contributed by atoms with Gasteiger partial charge in [0, 0.05) is 20.0 Å². The van der Waals surface area contributed by atoms with Crippen molar-refractivity contribution in [1.29, 1.82) is 0 Å². The first-order valence-electron chi connectivity index (χ1n) is 8.15. The zero-order valence-electron chi connectivity index (χ0n) is 14.6. The molecular weight excluding hydrogens is 327 g/mol. The van der Waals surface area contributed by atoms with Gasteiger partial charge in [-0.25, -0.2) is 4.39 Å². The van der Waals surface area contributed by atoms with Crippen molar-refractivity contribution in [3.05, 3.63) is 35.6 Å². The zero-order chi connectivity index (χ0) is 18.8. The SMILES string of the molecule is CN1C(=O)CC(C(=O)NCCC(C)(C)C(=O)O)C1c1ccc(F)cc1. The molecule has 0 saturated carbocycles. The van der Waals surface area contributed by atoms with Gasteiger partial charge < -0.3 is 15.3 Å². The first kappa shape index (κ1) is 18.9. The molecule has 2 atom stereocenters. The number of likely N-dealkylation sites (tertiary alicyclic amines) is 1. The highest BCUT2D eigenvalue weighted by Crippen LogP contribution is 2.37. The van der Waals surface area contributed by atoms with E-state index in [1.807, 2.05) is 0 Å². The topological polar surface area (TPSA) is 86.7 Å². The van der Waals surface area contributed by atoms with Gasteiger partial charge in [0.2, 0.25) is 11.8 Å². The van der Waals surface area contributed by atoms with Crippen molar-refractivity contribution in [2.24, 2.45) is 11.3 Å². The minimum atomic E-state index is -0.939. The number of carbonyl (C=O) groups is 3. The second kappa shape index (κ2) is 7.21. The van der Waals surface area contributed by atoms with Gasteiger partial charge in [-0.2, -0.15) is 0 Å². The van der Waals surface area contributed by atoms with E-state index in [9.17, 15) is 18.8 Å². The molecule has 1 fully saturated rings. The lowest BCUT2D eigenvalue weighted by atomic mass is 9.89. The third kappa shape index (κ3) is 4.15. The summed E-state index contributed by atoms with van der Waals surface area (Å²) >= 11 is 0. The quantitative estimate of drug-likeness (QED) is 0.821. The maximum absolute atomic E-state index is 13.1. The molecule has 1 aromatic rings. The van der Waals surface area contributed by atoms with Crippen LogP contribution in [0, 0.1) is 17.2 Å². The molecule has 1 saturated heterocycles. The Morgan fingerprint density at radius 3 is 2.48 bits per heavy atom. The van der Waals surface area contributed by atoms with E-state index < -0.39 is 23.3 Å². The minimum Gasteiger partial charge on any atom is -0.481 e. The maximum Gasteiger partial charge on any atom is 0.309 e. The molecule has 0 aliphatic carbocycles. The summed E-state index contributed by atoms with van der Waals surface area (Å²) in [7, 11) is 1.62. The van der Waals surface area contributed by atoms with Crippen LogP contribution in [-0.4, -0.2) is 41.4 Å². The number of aliphatic carboxylic acids is 1. The highest BCUT2D eigenvalue weighted by Gasteiger charge is 2.42. The molecule has 7 heteroatoms. The van der Waals surface area contributed by atoms with E-state index in [0.29, 0.717) is 5.56 Å². The summed E-state index contributed by atoms with van der Waals surface area (Å²) in [5.41, 5.74) is -0.243. The van der Waals surface area contributed by atoms with Gasteiger partial charge in [0.05, 0.1) is 17.4 Å². The lowest BCUT2D eigenvalue weighted by Crippen LogP contribution is -2.37. The number of halogens is 1. The van der Waals surface area contributed by atoms with Gasteiger partial charge in [-0.15, -0.1) is 0 Å². The van der Waals surface area contributed by atoms with Crippen LogP contribution in [0.3, 0.4) is 0 Å². The number of rotatable bonds is 6. The van der Waals surface area contributed by atoms with E-state index in [0.717, 1.165) is 0 Å². The van der Waals surface area contributed by atoms with Crippen LogP contribution in [0.15, 0.2) is 24.3 Å². The van der Waals surface area contributed by atoms with Crippen molar-refractivity contribution in [3.8, 4) is 0 Å². The molecular formula is C18H23FN2O4. The number of carboxylic acid groups (broad SMARTS) is 1. The fourth-order valence-electron chi connectivity index (χ4n) is 2.96. The molecule has 1 aliphatic heterocycles. The van der Waals surface area contributed by atoms with Crippen LogP contribution in [-0.2, 0) is 14.4 Å². The summed E-state index contributed by atoms with van der Waals surface area (Å²) in [6, 6.07) is 5.29. The Labute approximate surface area is 146 Å². The largest absolute Gasteiger partial charge is 0.481 e. The van der Waals surface area contributed by atoms with Gasteiger partial charge in [0.1, 0.15) is 5.82 Å². The number of hydrogen-bond donors (Lipinski definition) is 2. The van der Waals surface area contributed by atoms with Gasteiger partial charge in [0.15, 0.2) is 0 Å². The van der Waals surface area contributed by atoms with Crippen LogP contribution >= 0.6 is 0 Å². The normalized spacial score (nSPS) is 20.6. The molecule has 2 N–H and O–H groups in total. The molecule has 2 rings (SSSR count). The van der Waals surface area contributed by atoms with Crippen LogP contribution < -0.4 is 5.32 Å². The number of hydrogen-bond acceptors (Lipinski definition) is 3. The third-order valence-electron chi connectivity index (χ3n) is 4.76. The Morgan fingerprint density at radius 2 is 1.92 bits per heavy atom. The smallest absolute Gasteiger partial charge is 0.309 e. The van der Waals surface area contributed by atoms with Crippen molar-refractivity contribution >= 4 is 17.8 Å². The average molecular weight is 350 g/mol. The van der Waals surface area contributed by atoms with Crippen molar-refractivity contribution < 1.29 is 23.9 Å². The van der Waals surface area contributed by atoms with Crippen LogP contribution in [0.1, 0.15) is 38.3 Å². The number of benzene rings is 1. The molecule has 1 aliphatic rings. The Hall–Kier alpha value is -2.44. The van der Waals surface area contributed by atoms with E-state index in [4.69, 9.17) is 5.11 Å². The number of nitrogens with zero attached hydrogens (tertiary/aromatic N) is 1. The molecule has 0 radical (unpaired) electrons. The predicted molar refractivity (Wildman–Crippen MR) is 89.1 cm³/mol. The standard InChI is InChI=1S/C18H23FN2O4/c1-18(2,17(24)25)8-9-20-16(23)13-10-14(22)21(3)15(13)11-4-6-12(19)7-5-11/h4-7,13,15H,8-10H2,1-3H3,(H,20,23)(H,24,25). The molecule has 25 heavy (non-hydrogen) atoms. The molecule has 1 heterocycles.